The average molecular weight is 389 g/mol. The molecule has 0 aliphatic heterocycles. The molecule has 0 aliphatic carbocycles. The van der Waals surface area contributed by atoms with Gasteiger partial charge in [0, 0.05) is 13.6 Å². The molecule has 0 aromatic heterocycles. The number of hydrogen-bond donors (Lipinski definition) is 1. The summed E-state index contributed by atoms with van der Waals surface area (Å²) in [4.78, 5) is 26.7. The third kappa shape index (κ3) is 6.00. The topological polar surface area (TPSA) is 58.6 Å². The van der Waals surface area contributed by atoms with Crippen LogP contribution in [0.15, 0.2) is 54.6 Å². The molecule has 2 aromatic rings. The lowest BCUT2D eigenvalue weighted by molar-refractivity contribution is -0.142. The lowest BCUT2D eigenvalue weighted by atomic mass is 10.1. The third-order valence-electron chi connectivity index (χ3n) is 4.30. The number of halogens is 1. The molecule has 1 atom stereocenters. The van der Waals surface area contributed by atoms with Crippen molar-refractivity contribution in [2.45, 2.75) is 25.8 Å². The van der Waals surface area contributed by atoms with Gasteiger partial charge in [0.1, 0.15) is 11.8 Å². The molecule has 0 saturated carbocycles. The predicted octanol–water partition coefficient (Wildman–Crippen LogP) is 3.31. The Balaban J connectivity index is 2.10. The molecule has 2 amide bonds. The molecule has 0 spiro atoms. The SMILES string of the molecule is CC[C@@H](C(=O)NC)N(CCc1ccccc1)C(=O)COc1ccccc1Cl. The number of carbonyl (C=O) groups excluding carboxylic acids is 2. The highest BCUT2D eigenvalue weighted by Gasteiger charge is 2.27. The highest BCUT2D eigenvalue weighted by Crippen LogP contribution is 2.23. The first-order valence-corrected chi connectivity index (χ1v) is 9.37. The molecule has 0 fully saturated rings. The van der Waals surface area contributed by atoms with Crippen molar-refractivity contribution in [2.75, 3.05) is 20.2 Å². The Bertz CT molecular complexity index is 752. The van der Waals surface area contributed by atoms with Gasteiger partial charge < -0.3 is 15.0 Å². The van der Waals surface area contributed by atoms with E-state index in [1.165, 1.54) is 0 Å². The van der Waals surface area contributed by atoms with E-state index in [4.69, 9.17) is 16.3 Å². The van der Waals surface area contributed by atoms with Crippen LogP contribution in [0.4, 0.5) is 0 Å². The molecule has 144 valence electrons. The zero-order valence-electron chi connectivity index (χ0n) is 15.7. The molecular weight excluding hydrogens is 364 g/mol. The fourth-order valence-corrected chi connectivity index (χ4v) is 3.04. The fourth-order valence-electron chi connectivity index (χ4n) is 2.85. The number of likely N-dealkylation sites (N-methyl/N-ethyl adjacent to an activating group) is 1. The number of nitrogens with zero attached hydrogens (tertiary/aromatic N) is 1. The lowest BCUT2D eigenvalue weighted by Gasteiger charge is -2.30. The largest absolute Gasteiger partial charge is 0.482 e. The zero-order valence-corrected chi connectivity index (χ0v) is 16.4. The zero-order chi connectivity index (χ0) is 19.6. The summed E-state index contributed by atoms with van der Waals surface area (Å²) in [5.41, 5.74) is 1.11. The van der Waals surface area contributed by atoms with Gasteiger partial charge in [-0.15, -0.1) is 0 Å². The normalized spacial score (nSPS) is 11.5. The third-order valence-corrected chi connectivity index (χ3v) is 4.62. The number of nitrogens with one attached hydrogen (secondary N) is 1. The minimum atomic E-state index is -0.541. The van der Waals surface area contributed by atoms with Crippen LogP contribution in [0.2, 0.25) is 5.02 Å². The first-order valence-electron chi connectivity index (χ1n) is 8.99. The summed E-state index contributed by atoms with van der Waals surface area (Å²) in [5.74, 6) is 0.0153. The number of benzene rings is 2. The second-order valence-corrected chi connectivity index (χ2v) is 6.49. The first kappa shape index (κ1) is 20.8. The second kappa shape index (κ2) is 10.6. The number of para-hydroxylation sites is 1. The molecule has 0 unspecified atom stereocenters. The predicted molar refractivity (Wildman–Crippen MR) is 107 cm³/mol. The summed E-state index contributed by atoms with van der Waals surface area (Å²) in [7, 11) is 1.57. The van der Waals surface area contributed by atoms with Crippen molar-refractivity contribution < 1.29 is 14.3 Å². The van der Waals surface area contributed by atoms with E-state index in [0.29, 0.717) is 30.2 Å². The summed E-state index contributed by atoms with van der Waals surface area (Å²) in [5, 5.41) is 3.08. The summed E-state index contributed by atoms with van der Waals surface area (Å²) in [6.07, 6.45) is 1.18. The minimum Gasteiger partial charge on any atom is -0.482 e. The van der Waals surface area contributed by atoms with Crippen LogP contribution in [-0.2, 0) is 16.0 Å². The molecule has 6 heteroatoms. The van der Waals surface area contributed by atoms with Crippen LogP contribution in [0.1, 0.15) is 18.9 Å². The van der Waals surface area contributed by atoms with Crippen LogP contribution in [0.5, 0.6) is 5.75 Å². The Morgan fingerprint density at radius 3 is 2.41 bits per heavy atom. The highest BCUT2D eigenvalue weighted by molar-refractivity contribution is 6.32. The van der Waals surface area contributed by atoms with Crippen molar-refractivity contribution in [2.24, 2.45) is 0 Å². The lowest BCUT2D eigenvalue weighted by Crippen LogP contribution is -2.50. The van der Waals surface area contributed by atoms with Crippen molar-refractivity contribution in [3.63, 3.8) is 0 Å². The first-order chi connectivity index (χ1) is 13.1. The molecule has 2 aromatic carbocycles. The van der Waals surface area contributed by atoms with Crippen molar-refractivity contribution in [1.29, 1.82) is 0 Å². The van der Waals surface area contributed by atoms with Crippen molar-refractivity contribution in [3.05, 3.63) is 65.2 Å². The molecular formula is C21H25ClN2O3. The number of amides is 2. The van der Waals surface area contributed by atoms with E-state index < -0.39 is 6.04 Å². The molecule has 5 nitrogen and oxygen atoms in total. The molecule has 2 rings (SSSR count). The van der Waals surface area contributed by atoms with E-state index in [-0.39, 0.29) is 18.4 Å². The minimum absolute atomic E-state index is 0.175. The van der Waals surface area contributed by atoms with E-state index in [2.05, 4.69) is 5.32 Å². The van der Waals surface area contributed by atoms with Crippen molar-refractivity contribution in [1.82, 2.24) is 10.2 Å². The van der Waals surface area contributed by atoms with Crippen LogP contribution < -0.4 is 10.1 Å². The second-order valence-electron chi connectivity index (χ2n) is 6.08. The maximum Gasteiger partial charge on any atom is 0.261 e. The van der Waals surface area contributed by atoms with E-state index in [9.17, 15) is 9.59 Å². The number of rotatable bonds is 9. The molecule has 0 bridgehead atoms. The van der Waals surface area contributed by atoms with Gasteiger partial charge in [0.25, 0.3) is 5.91 Å². The van der Waals surface area contributed by atoms with Gasteiger partial charge in [-0.2, -0.15) is 0 Å². The van der Waals surface area contributed by atoms with Crippen LogP contribution >= 0.6 is 11.6 Å². The standard InChI is InChI=1S/C21H25ClN2O3/c1-3-18(21(26)23-2)24(14-13-16-9-5-4-6-10-16)20(25)15-27-19-12-8-7-11-17(19)22/h4-12,18H,3,13-15H2,1-2H3,(H,23,26)/t18-/m0/s1. The van der Waals surface area contributed by atoms with Crippen LogP contribution in [0.3, 0.4) is 0 Å². The van der Waals surface area contributed by atoms with Crippen molar-refractivity contribution in [3.8, 4) is 5.75 Å². The fraction of sp³-hybridized carbons (Fsp3) is 0.333. The van der Waals surface area contributed by atoms with Gasteiger partial charge in [-0.1, -0.05) is 61.0 Å². The highest BCUT2D eigenvalue weighted by atomic mass is 35.5. The van der Waals surface area contributed by atoms with Crippen LogP contribution in [-0.4, -0.2) is 43.0 Å². The Morgan fingerprint density at radius 2 is 1.78 bits per heavy atom. The quantitative estimate of drug-likeness (QED) is 0.716. The van der Waals surface area contributed by atoms with Crippen LogP contribution in [0, 0.1) is 0 Å². The molecule has 0 radical (unpaired) electrons. The van der Waals surface area contributed by atoms with E-state index in [0.717, 1.165) is 5.56 Å². The monoisotopic (exact) mass is 388 g/mol. The van der Waals surface area contributed by atoms with Gasteiger partial charge >= 0.3 is 0 Å². The molecule has 27 heavy (non-hydrogen) atoms. The Kier molecular flexibility index (Phi) is 8.14. The van der Waals surface area contributed by atoms with Gasteiger partial charge in [-0.05, 0) is 30.5 Å². The van der Waals surface area contributed by atoms with Gasteiger partial charge in [-0.25, -0.2) is 0 Å². The number of carbonyl (C=O) groups is 2. The van der Waals surface area contributed by atoms with Gasteiger partial charge in [0.15, 0.2) is 6.61 Å². The maximum absolute atomic E-state index is 12.8. The van der Waals surface area contributed by atoms with E-state index in [1.54, 1.807) is 36.2 Å². The van der Waals surface area contributed by atoms with E-state index >= 15 is 0 Å². The summed E-state index contributed by atoms with van der Waals surface area (Å²) in [6, 6.07) is 16.3. The van der Waals surface area contributed by atoms with E-state index in [1.807, 2.05) is 37.3 Å². The van der Waals surface area contributed by atoms with Gasteiger partial charge in [0.2, 0.25) is 5.91 Å². The number of hydrogen-bond acceptors (Lipinski definition) is 3. The summed E-state index contributed by atoms with van der Waals surface area (Å²) < 4.78 is 5.58. The summed E-state index contributed by atoms with van der Waals surface area (Å²) in [6.45, 7) is 2.14. The maximum atomic E-state index is 12.8. The van der Waals surface area contributed by atoms with Crippen LogP contribution in [0.25, 0.3) is 0 Å². The summed E-state index contributed by atoms with van der Waals surface area (Å²) >= 11 is 6.08. The van der Waals surface area contributed by atoms with Crippen molar-refractivity contribution >= 4 is 23.4 Å². The Morgan fingerprint density at radius 1 is 1.11 bits per heavy atom. The molecule has 1 N–H and O–H groups in total. The average Bonchev–Trinajstić information content (AvgIpc) is 2.70. The van der Waals surface area contributed by atoms with Gasteiger partial charge in [-0.3, -0.25) is 9.59 Å². The Labute approximate surface area is 165 Å². The number of ether oxygens (including phenoxy) is 1. The smallest absolute Gasteiger partial charge is 0.261 e. The molecule has 0 heterocycles. The molecule has 0 aliphatic rings. The van der Waals surface area contributed by atoms with Gasteiger partial charge in [0.05, 0.1) is 5.02 Å². The Hall–Kier alpha value is -2.53. The molecule has 0 saturated heterocycles.